The first-order chi connectivity index (χ1) is 16.7. The maximum Gasteiger partial charge on any atom is 0.435 e. The molecule has 2 aromatic rings. The predicted molar refractivity (Wildman–Crippen MR) is 120 cm³/mol. The fraction of sp³-hybridized carbons (Fsp3) is 0.318. The number of carbonyl (C=O) groups excluding carboxylic acids is 1. The van der Waals surface area contributed by atoms with E-state index in [-0.39, 0.29) is 21.3 Å². The molecule has 0 saturated carbocycles. The quantitative estimate of drug-likeness (QED) is 0.262. The third-order valence-electron chi connectivity index (χ3n) is 5.07. The first-order valence-electron chi connectivity index (χ1n) is 10.1. The van der Waals surface area contributed by atoms with Gasteiger partial charge in [0.1, 0.15) is 6.54 Å². The van der Waals surface area contributed by atoms with Gasteiger partial charge in [-0.1, -0.05) is 45.6 Å². The van der Waals surface area contributed by atoms with Crippen LogP contribution in [-0.4, -0.2) is 43.3 Å². The molecule has 0 aliphatic carbocycles. The van der Waals surface area contributed by atoms with Crippen molar-refractivity contribution in [2.45, 2.75) is 31.3 Å². The summed E-state index contributed by atoms with van der Waals surface area (Å²) in [5.41, 5.74) is -1.62. The van der Waals surface area contributed by atoms with Crippen LogP contribution in [0.3, 0.4) is 0 Å². The van der Waals surface area contributed by atoms with E-state index in [0.717, 1.165) is 12.1 Å². The number of alkyl halides is 6. The van der Waals surface area contributed by atoms with Gasteiger partial charge < -0.3 is 15.0 Å². The Morgan fingerprint density at radius 3 is 2.42 bits per heavy atom. The van der Waals surface area contributed by atoms with Crippen LogP contribution in [0.25, 0.3) is 0 Å². The highest BCUT2D eigenvalue weighted by Gasteiger charge is 2.62. The highest BCUT2D eigenvalue weighted by molar-refractivity contribution is 6.34. The molecule has 6 nitrogen and oxygen atoms in total. The van der Waals surface area contributed by atoms with Gasteiger partial charge in [0.05, 0.1) is 11.9 Å². The Morgan fingerprint density at radius 1 is 1.17 bits per heavy atom. The van der Waals surface area contributed by atoms with Crippen molar-refractivity contribution < 1.29 is 40.8 Å². The molecule has 1 amide bonds. The van der Waals surface area contributed by atoms with Gasteiger partial charge in [-0.25, -0.2) is 0 Å². The third kappa shape index (κ3) is 6.61. The minimum Gasteiger partial charge on any atom is -0.386 e. The lowest BCUT2D eigenvalue weighted by Crippen LogP contribution is -2.42. The minimum absolute atomic E-state index is 0.0118. The Hall–Kier alpha value is -2.99. The average molecular weight is 556 g/mol. The molecule has 194 valence electrons. The van der Waals surface area contributed by atoms with E-state index in [1.54, 1.807) is 18.3 Å². The van der Waals surface area contributed by atoms with Gasteiger partial charge in [-0.2, -0.15) is 26.3 Å². The number of aryl methyl sites for hydroxylation is 1. The highest BCUT2D eigenvalue weighted by Crippen LogP contribution is 2.49. The first kappa shape index (κ1) is 27.6. The summed E-state index contributed by atoms with van der Waals surface area (Å²) in [4.78, 5) is 20.9. The molecule has 1 aliphatic heterocycles. The standard InChI is InChI=1S/C22H17Cl2F6N3O3/c1-12-4-13(2-3-14(12)9-32-35-10-19(34)31-11-21(25,26)27)18-8-20(36-33-18,22(28,29)30)15-5-16(23)7-17(24)6-15/h2-7,9H,8,10-11H2,1H3,(H,31,34)/b32-9+. The second kappa shape index (κ2) is 10.6. The lowest BCUT2D eigenvalue weighted by Gasteiger charge is -2.29. The van der Waals surface area contributed by atoms with Crippen LogP contribution in [0.2, 0.25) is 10.0 Å². The zero-order valence-corrected chi connectivity index (χ0v) is 19.8. The molecule has 1 heterocycles. The van der Waals surface area contributed by atoms with Crippen LogP contribution in [0.5, 0.6) is 0 Å². The zero-order valence-electron chi connectivity index (χ0n) is 18.3. The third-order valence-corrected chi connectivity index (χ3v) is 5.50. The van der Waals surface area contributed by atoms with Gasteiger partial charge >= 0.3 is 12.4 Å². The number of hydrogen-bond donors (Lipinski definition) is 1. The molecule has 1 N–H and O–H groups in total. The van der Waals surface area contributed by atoms with Crippen molar-refractivity contribution in [3.05, 3.63) is 68.7 Å². The number of halogens is 8. The maximum absolute atomic E-state index is 14.1. The van der Waals surface area contributed by atoms with Gasteiger partial charge in [-0.05, 0) is 47.9 Å². The van der Waals surface area contributed by atoms with E-state index >= 15 is 0 Å². The number of nitrogens with one attached hydrogen (secondary N) is 1. The smallest absolute Gasteiger partial charge is 0.386 e. The normalized spacial score (nSPS) is 18.2. The fourth-order valence-electron chi connectivity index (χ4n) is 3.29. The molecule has 1 aliphatic rings. The molecular weight excluding hydrogens is 539 g/mol. The number of carbonyl (C=O) groups is 1. The van der Waals surface area contributed by atoms with Crippen LogP contribution in [0.1, 0.15) is 28.7 Å². The summed E-state index contributed by atoms with van der Waals surface area (Å²) >= 11 is 11.8. The second-order valence-corrected chi connectivity index (χ2v) is 8.63. The monoisotopic (exact) mass is 555 g/mol. The van der Waals surface area contributed by atoms with Crippen molar-refractivity contribution >= 4 is 41.0 Å². The Morgan fingerprint density at radius 2 is 1.83 bits per heavy atom. The number of amides is 1. The Kier molecular flexibility index (Phi) is 8.09. The van der Waals surface area contributed by atoms with Crippen LogP contribution >= 0.6 is 23.2 Å². The Balaban J connectivity index is 1.70. The van der Waals surface area contributed by atoms with Crippen LogP contribution in [-0.2, 0) is 20.1 Å². The summed E-state index contributed by atoms with van der Waals surface area (Å²) < 4.78 is 78.6. The van der Waals surface area contributed by atoms with Gasteiger partial charge in [0, 0.05) is 22.0 Å². The van der Waals surface area contributed by atoms with E-state index in [4.69, 9.17) is 28.0 Å². The lowest BCUT2D eigenvalue weighted by molar-refractivity contribution is -0.275. The van der Waals surface area contributed by atoms with E-state index < -0.39 is 43.4 Å². The molecule has 36 heavy (non-hydrogen) atoms. The van der Waals surface area contributed by atoms with Gasteiger partial charge in [0.2, 0.25) is 0 Å². The van der Waals surface area contributed by atoms with Crippen molar-refractivity contribution in [2.24, 2.45) is 10.3 Å². The van der Waals surface area contributed by atoms with Gasteiger partial charge in [-0.3, -0.25) is 4.79 Å². The summed E-state index contributed by atoms with van der Waals surface area (Å²) in [5, 5.41) is 8.87. The zero-order chi connectivity index (χ0) is 26.7. The molecule has 0 bridgehead atoms. The molecule has 0 aromatic heterocycles. The SMILES string of the molecule is Cc1cc(C2=NOC(c3cc(Cl)cc(Cl)c3)(C(F)(F)F)C2)ccc1/C=N/OCC(=O)NCC(F)(F)F. The number of benzene rings is 2. The van der Waals surface area contributed by atoms with Gasteiger partial charge in [0.15, 0.2) is 6.61 Å². The fourth-order valence-corrected chi connectivity index (χ4v) is 3.81. The van der Waals surface area contributed by atoms with Crippen LogP contribution < -0.4 is 5.32 Å². The highest BCUT2D eigenvalue weighted by atomic mass is 35.5. The van der Waals surface area contributed by atoms with E-state index in [9.17, 15) is 31.1 Å². The molecule has 2 aromatic carbocycles. The van der Waals surface area contributed by atoms with Crippen molar-refractivity contribution in [2.75, 3.05) is 13.2 Å². The molecule has 1 atom stereocenters. The molecule has 0 spiro atoms. The Labute approximate surface area is 210 Å². The summed E-state index contributed by atoms with van der Waals surface area (Å²) in [5.74, 6) is -1.01. The molecule has 14 heteroatoms. The van der Waals surface area contributed by atoms with Crippen LogP contribution in [0, 0.1) is 6.92 Å². The summed E-state index contributed by atoms with van der Waals surface area (Å²) in [6, 6.07) is 8.10. The number of nitrogens with zero attached hydrogens (tertiary/aromatic N) is 2. The van der Waals surface area contributed by atoms with Crippen LogP contribution in [0.4, 0.5) is 26.3 Å². The van der Waals surface area contributed by atoms with E-state index in [0.29, 0.717) is 16.7 Å². The molecule has 0 fully saturated rings. The topological polar surface area (TPSA) is 72.3 Å². The minimum atomic E-state index is -4.84. The number of oxime groups is 2. The summed E-state index contributed by atoms with van der Waals surface area (Å²) in [6.45, 7) is -0.580. The maximum atomic E-state index is 14.1. The molecule has 0 saturated heterocycles. The molecule has 1 unspecified atom stereocenters. The van der Waals surface area contributed by atoms with E-state index in [1.807, 2.05) is 0 Å². The number of rotatable bonds is 7. The van der Waals surface area contributed by atoms with Crippen molar-refractivity contribution in [1.29, 1.82) is 0 Å². The van der Waals surface area contributed by atoms with Gasteiger partial charge in [0.25, 0.3) is 11.5 Å². The van der Waals surface area contributed by atoms with Crippen molar-refractivity contribution in [3.63, 3.8) is 0 Å². The summed E-state index contributed by atoms with van der Waals surface area (Å²) in [6.07, 6.45) is -8.81. The molecule has 3 rings (SSSR count). The summed E-state index contributed by atoms with van der Waals surface area (Å²) in [7, 11) is 0. The van der Waals surface area contributed by atoms with E-state index in [2.05, 4.69) is 15.1 Å². The number of hydrogen-bond acceptors (Lipinski definition) is 5. The molecular formula is C22H17Cl2F6N3O3. The van der Waals surface area contributed by atoms with Crippen molar-refractivity contribution in [1.82, 2.24) is 5.32 Å². The largest absolute Gasteiger partial charge is 0.435 e. The first-order valence-corrected chi connectivity index (χ1v) is 10.8. The lowest BCUT2D eigenvalue weighted by atomic mass is 9.86. The Bertz CT molecular complexity index is 1180. The second-order valence-electron chi connectivity index (χ2n) is 7.76. The van der Waals surface area contributed by atoms with E-state index in [1.165, 1.54) is 24.4 Å². The molecule has 0 radical (unpaired) electrons. The van der Waals surface area contributed by atoms with Gasteiger partial charge in [-0.15, -0.1) is 0 Å². The van der Waals surface area contributed by atoms with Crippen molar-refractivity contribution in [3.8, 4) is 0 Å². The average Bonchev–Trinajstić information content (AvgIpc) is 3.22. The predicted octanol–water partition coefficient (Wildman–Crippen LogP) is 5.91. The van der Waals surface area contributed by atoms with Crippen LogP contribution in [0.15, 0.2) is 46.7 Å².